The third kappa shape index (κ3) is 4.66. The Labute approximate surface area is 252 Å². The van der Waals surface area contributed by atoms with Crippen molar-refractivity contribution in [2.75, 3.05) is 20.1 Å². The maximum absolute atomic E-state index is 13.5. The predicted molar refractivity (Wildman–Crippen MR) is 164 cm³/mol. The number of hydrogen-bond acceptors (Lipinski definition) is 6. The number of likely N-dealkylation sites (tertiary alicyclic amines) is 1. The number of ether oxygens (including phenoxy) is 2. The van der Waals surface area contributed by atoms with Crippen molar-refractivity contribution in [3.8, 4) is 11.5 Å². The van der Waals surface area contributed by atoms with Gasteiger partial charge in [0.2, 0.25) is 5.91 Å². The first-order chi connectivity index (χ1) is 20.9. The second-order valence-electron chi connectivity index (χ2n) is 12.5. The highest BCUT2D eigenvalue weighted by Gasteiger charge is 2.66. The molecule has 1 unspecified atom stereocenters. The maximum Gasteiger partial charge on any atom is 0.308 e. The van der Waals surface area contributed by atoms with Gasteiger partial charge in [0.25, 0.3) is 0 Å². The average molecular weight is 579 g/mol. The minimum Gasteiger partial charge on any atom is -0.483 e. The van der Waals surface area contributed by atoms with E-state index in [0.29, 0.717) is 24.0 Å². The number of piperidine rings is 1. The van der Waals surface area contributed by atoms with E-state index in [1.54, 1.807) is 6.08 Å². The standard InChI is InChI=1S/C36H38N2O5/c1-23(39)42-31-17-14-26-21-29-27-15-16-28(37(2)32(41)18-13-24-9-5-3-6-10-24)35-36(27,33(26)34(31)43-35)19-20-38(29)22-30(40)25-11-7-4-8-12-25/h3-14,17-18,27-30,35,40H,15-16,19-22H2,1-2H3/t27-,28+,29+,30?,35-,36-/m0/s1. The van der Waals surface area contributed by atoms with E-state index in [9.17, 15) is 14.7 Å². The molecule has 7 rings (SSSR count). The van der Waals surface area contributed by atoms with Crippen molar-refractivity contribution >= 4 is 18.0 Å². The number of carbonyl (C=O) groups is 2. The van der Waals surface area contributed by atoms with Crippen molar-refractivity contribution in [3.05, 3.63) is 101 Å². The van der Waals surface area contributed by atoms with Crippen molar-refractivity contribution in [2.45, 2.75) is 62.3 Å². The van der Waals surface area contributed by atoms with E-state index in [2.05, 4.69) is 11.0 Å². The third-order valence-corrected chi connectivity index (χ3v) is 10.3. The monoisotopic (exact) mass is 578 g/mol. The Morgan fingerprint density at radius 3 is 2.58 bits per heavy atom. The van der Waals surface area contributed by atoms with Crippen LogP contribution in [0.5, 0.6) is 11.5 Å². The number of benzene rings is 3. The van der Waals surface area contributed by atoms with Gasteiger partial charge in [-0.3, -0.25) is 14.5 Å². The molecule has 2 heterocycles. The normalized spacial score (nSPS) is 27.7. The lowest BCUT2D eigenvalue weighted by atomic mass is 9.51. The van der Waals surface area contributed by atoms with Crippen LogP contribution in [0.3, 0.4) is 0 Å². The van der Waals surface area contributed by atoms with Crippen LogP contribution < -0.4 is 9.47 Å². The van der Waals surface area contributed by atoms with Gasteiger partial charge in [-0.2, -0.15) is 0 Å². The summed E-state index contributed by atoms with van der Waals surface area (Å²) in [6.45, 7) is 2.81. The van der Waals surface area contributed by atoms with Gasteiger partial charge in [0.15, 0.2) is 11.5 Å². The molecule has 0 radical (unpaired) electrons. The van der Waals surface area contributed by atoms with Crippen molar-refractivity contribution < 1.29 is 24.2 Å². The molecular weight excluding hydrogens is 540 g/mol. The predicted octanol–water partition coefficient (Wildman–Crippen LogP) is 4.93. The molecule has 7 heteroatoms. The number of rotatable bonds is 7. The molecule has 1 spiro atoms. The van der Waals surface area contributed by atoms with E-state index in [4.69, 9.17) is 9.47 Å². The van der Waals surface area contributed by atoms with E-state index in [0.717, 1.165) is 43.4 Å². The minimum atomic E-state index is -0.564. The lowest BCUT2D eigenvalue weighted by Crippen LogP contribution is -2.69. The highest BCUT2D eigenvalue weighted by atomic mass is 16.6. The molecule has 0 aromatic heterocycles. The summed E-state index contributed by atoms with van der Waals surface area (Å²) in [4.78, 5) is 29.9. The van der Waals surface area contributed by atoms with Gasteiger partial charge >= 0.3 is 5.97 Å². The molecule has 2 aliphatic carbocycles. The lowest BCUT2D eigenvalue weighted by Gasteiger charge is -2.60. The molecule has 2 aliphatic heterocycles. The zero-order valence-electron chi connectivity index (χ0n) is 24.7. The van der Waals surface area contributed by atoms with Gasteiger partial charge in [0.1, 0.15) is 6.10 Å². The zero-order valence-corrected chi connectivity index (χ0v) is 24.7. The SMILES string of the molecule is CC(=O)Oc1ccc2c3c1O[C@H]1[C@H](N(C)C(=O)C=Cc4ccccc4)CC[C@H]4[C@@H](C2)N(CC(O)c2ccccc2)CC[C@@]341. The number of esters is 1. The molecule has 1 N–H and O–H groups in total. The molecule has 3 aromatic carbocycles. The Morgan fingerprint density at radius 1 is 1.09 bits per heavy atom. The molecule has 3 aromatic rings. The van der Waals surface area contributed by atoms with E-state index in [1.165, 1.54) is 18.1 Å². The van der Waals surface area contributed by atoms with E-state index in [-0.39, 0.29) is 35.5 Å². The molecule has 7 nitrogen and oxygen atoms in total. The summed E-state index contributed by atoms with van der Waals surface area (Å²) < 4.78 is 12.5. The van der Waals surface area contributed by atoms with Gasteiger partial charge in [-0.1, -0.05) is 66.7 Å². The molecule has 6 atom stereocenters. The number of likely N-dealkylation sites (N-methyl/N-ethyl adjacent to an activating group) is 1. The molecule has 1 saturated heterocycles. The van der Waals surface area contributed by atoms with Crippen molar-refractivity contribution in [3.63, 3.8) is 0 Å². The second-order valence-corrected chi connectivity index (χ2v) is 12.5. The van der Waals surface area contributed by atoms with Crippen LogP contribution in [0.4, 0.5) is 0 Å². The van der Waals surface area contributed by atoms with Crippen molar-refractivity contribution in [2.24, 2.45) is 5.92 Å². The van der Waals surface area contributed by atoms with E-state index < -0.39 is 6.10 Å². The zero-order chi connectivity index (χ0) is 29.7. The molecule has 2 fully saturated rings. The lowest BCUT2D eigenvalue weighted by molar-refractivity contribution is -0.135. The number of amides is 1. The average Bonchev–Trinajstić information content (AvgIpc) is 3.37. The summed E-state index contributed by atoms with van der Waals surface area (Å²) in [5.41, 5.74) is 4.01. The van der Waals surface area contributed by atoms with Crippen LogP contribution in [-0.4, -0.2) is 65.1 Å². The van der Waals surface area contributed by atoms with Crippen LogP contribution in [0.2, 0.25) is 0 Å². The first-order valence-electron chi connectivity index (χ1n) is 15.3. The van der Waals surface area contributed by atoms with Crippen LogP contribution in [-0.2, 0) is 21.4 Å². The van der Waals surface area contributed by atoms with E-state index in [1.807, 2.05) is 84.8 Å². The smallest absolute Gasteiger partial charge is 0.308 e. The van der Waals surface area contributed by atoms with Crippen LogP contribution in [0.1, 0.15) is 54.5 Å². The highest BCUT2D eigenvalue weighted by Crippen LogP contribution is 2.64. The molecule has 1 amide bonds. The van der Waals surface area contributed by atoms with Gasteiger partial charge in [0, 0.05) is 43.6 Å². The highest BCUT2D eigenvalue weighted by molar-refractivity contribution is 5.92. The fourth-order valence-electron chi connectivity index (χ4n) is 8.46. The van der Waals surface area contributed by atoms with Crippen LogP contribution in [0, 0.1) is 5.92 Å². The summed E-state index contributed by atoms with van der Waals surface area (Å²) in [5, 5.41) is 11.2. The van der Waals surface area contributed by atoms with Gasteiger partial charge in [-0.05, 0) is 67.0 Å². The summed E-state index contributed by atoms with van der Waals surface area (Å²) in [7, 11) is 1.88. The quantitative estimate of drug-likeness (QED) is 0.244. The van der Waals surface area contributed by atoms with Crippen LogP contribution in [0.15, 0.2) is 78.9 Å². The minimum absolute atomic E-state index is 0.0560. The summed E-state index contributed by atoms with van der Waals surface area (Å²) in [5.74, 6) is 1.00. The van der Waals surface area contributed by atoms with Gasteiger partial charge < -0.3 is 19.5 Å². The fourth-order valence-corrected chi connectivity index (χ4v) is 8.46. The Kier molecular flexibility index (Phi) is 7.10. The molecule has 43 heavy (non-hydrogen) atoms. The van der Waals surface area contributed by atoms with Gasteiger partial charge in [-0.15, -0.1) is 0 Å². The summed E-state index contributed by atoms with van der Waals surface area (Å²) >= 11 is 0. The van der Waals surface area contributed by atoms with E-state index >= 15 is 0 Å². The number of carbonyl (C=O) groups excluding carboxylic acids is 2. The van der Waals surface area contributed by atoms with Crippen LogP contribution in [0.25, 0.3) is 6.08 Å². The molecule has 1 saturated carbocycles. The molecule has 222 valence electrons. The van der Waals surface area contributed by atoms with Crippen molar-refractivity contribution in [1.29, 1.82) is 0 Å². The van der Waals surface area contributed by atoms with Gasteiger partial charge in [0.05, 0.1) is 12.1 Å². The fraction of sp³-hybridized carbons (Fsp3) is 0.389. The van der Waals surface area contributed by atoms with Crippen LogP contribution >= 0.6 is 0 Å². The Hall–Kier alpha value is -3.94. The number of nitrogens with zero attached hydrogens (tertiary/aromatic N) is 2. The number of aliphatic hydroxyl groups is 1. The first-order valence-corrected chi connectivity index (χ1v) is 15.3. The summed E-state index contributed by atoms with van der Waals surface area (Å²) in [6.07, 6.45) is 6.16. The Balaban J connectivity index is 1.23. The second kappa shape index (κ2) is 11.0. The summed E-state index contributed by atoms with van der Waals surface area (Å²) in [6, 6.07) is 23.8. The number of aliphatic hydroxyl groups excluding tert-OH is 1. The van der Waals surface area contributed by atoms with Gasteiger partial charge in [-0.25, -0.2) is 0 Å². The molecule has 2 bridgehead atoms. The first kappa shape index (κ1) is 27.9. The topological polar surface area (TPSA) is 79.3 Å². The molecular formula is C36H38N2O5. The van der Waals surface area contributed by atoms with Crippen molar-refractivity contribution in [1.82, 2.24) is 9.80 Å². The number of β-amino-alcohol motifs (C(OH)–C–C–N with tert-alkyl or cyclic N) is 1. The third-order valence-electron chi connectivity index (χ3n) is 10.3. The Bertz CT molecular complexity index is 1560. The maximum atomic E-state index is 13.5. The largest absolute Gasteiger partial charge is 0.483 e. The Morgan fingerprint density at radius 2 is 1.84 bits per heavy atom. The number of hydrogen-bond donors (Lipinski definition) is 1. The molecule has 4 aliphatic rings.